The van der Waals surface area contributed by atoms with Crippen molar-refractivity contribution in [1.82, 2.24) is 24.5 Å². The molecule has 0 saturated carbocycles. The molecule has 1 N–H and O–H groups in total. The van der Waals surface area contributed by atoms with Gasteiger partial charge in [0, 0.05) is 13.6 Å². The first-order valence-electron chi connectivity index (χ1n) is 5.95. The maximum absolute atomic E-state index is 11.9. The van der Waals surface area contributed by atoms with Crippen LogP contribution in [0, 0.1) is 0 Å². The van der Waals surface area contributed by atoms with Crippen molar-refractivity contribution in [2.75, 3.05) is 5.32 Å². The Kier molecular flexibility index (Phi) is 4.16. The van der Waals surface area contributed by atoms with Gasteiger partial charge in [-0.15, -0.1) is 0 Å². The van der Waals surface area contributed by atoms with E-state index in [1.165, 1.54) is 4.68 Å². The Hall–Kier alpha value is -1.89. The van der Waals surface area contributed by atoms with Gasteiger partial charge in [-0.1, -0.05) is 18.5 Å². The van der Waals surface area contributed by atoms with E-state index < -0.39 is 0 Å². The van der Waals surface area contributed by atoms with Crippen LogP contribution in [-0.4, -0.2) is 24.5 Å². The van der Waals surface area contributed by atoms with Crippen molar-refractivity contribution < 1.29 is 0 Å². The van der Waals surface area contributed by atoms with Crippen molar-refractivity contribution >= 4 is 17.3 Å². The number of aryl methyl sites for hydroxylation is 2. The summed E-state index contributed by atoms with van der Waals surface area (Å²) < 4.78 is 2.96. The van der Waals surface area contributed by atoms with Gasteiger partial charge < -0.3 is 5.32 Å². The first kappa shape index (κ1) is 13.5. The van der Waals surface area contributed by atoms with Crippen molar-refractivity contribution in [2.45, 2.75) is 26.4 Å². The van der Waals surface area contributed by atoms with Crippen molar-refractivity contribution in [3.05, 3.63) is 33.7 Å². The Morgan fingerprint density at radius 1 is 1.47 bits per heavy atom. The molecule has 2 aromatic rings. The van der Waals surface area contributed by atoms with E-state index in [2.05, 4.69) is 20.5 Å². The normalized spacial score (nSPS) is 10.7. The summed E-state index contributed by atoms with van der Waals surface area (Å²) in [5.41, 5.74) is 0.203. The smallest absolute Gasteiger partial charge is 0.287 e. The second-order valence-electron chi connectivity index (χ2n) is 4.09. The second-order valence-corrected chi connectivity index (χ2v) is 4.47. The minimum Gasteiger partial charge on any atom is -0.375 e. The number of hydrogen-bond acceptors (Lipinski definition) is 5. The average molecular weight is 283 g/mol. The molecule has 0 aliphatic carbocycles. The van der Waals surface area contributed by atoms with Crippen LogP contribution in [0.15, 0.2) is 17.3 Å². The lowest BCUT2D eigenvalue weighted by Gasteiger charge is -2.08. The first-order chi connectivity index (χ1) is 9.11. The zero-order valence-electron chi connectivity index (χ0n) is 10.8. The highest BCUT2D eigenvalue weighted by atomic mass is 35.5. The van der Waals surface area contributed by atoms with Crippen LogP contribution >= 0.6 is 11.6 Å². The Morgan fingerprint density at radius 2 is 2.26 bits per heavy atom. The number of hydrogen-bond donors (Lipinski definition) is 1. The molecule has 0 amide bonds. The van der Waals surface area contributed by atoms with Gasteiger partial charge in [0.25, 0.3) is 5.56 Å². The largest absolute Gasteiger partial charge is 0.375 e. The van der Waals surface area contributed by atoms with Crippen LogP contribution in [0.3, 0.4) is 0 Å². The fraction of sp³-hybridized carbons (Fsp3) is 0.455. The van der Waals surface area contributed by atoms with Gasteiger partial charge >= 0.3 is 0 Å². The minimum absolute atomic E-state index is 0.138. The van der Waals surface area contributed by atoms with E-state index >= 15 is 0 Å². The van der Waals surface area contributed by atoms with Gasteiger partial charge in [0.1, 0.15) is 11.3 Å². The molecular formula is C11H15ClN6O. The van der Waals surface area contributed by atoms with Crippen LogP contribution in [0.1, 0.15) is 19.2 Å². The molecule has 0 bridgehead atoms. The third-order valence-corrected chi connectivity index (χ3v) is 2.87. The van der Waals surface area contributed by atoms with Crippen LogP contribution < -0.4 is 10.9 Å². The molecule has 0 atom stereocenters. The Morgan fingerprint density at radius 3 is 2.89 bits per heavy atom. The van der Waals surface area contributed by atoms with E-state index in [0.29, 0.717) is 24.6 Å². The van der Waals surface area contributed by atoms with Crippen LogP contribution in [0.2, 0.25) is 5.02 Å². The molecule has 0 fully saturated rings. The van der Waals surface area contributed by atoms with Crippen LogP contribution in [0.25, 0.3) is 0 Å². The van der Waals surface area contributed by atoms with Gasteiger partial charge in [-0.25, -0.2) is 9.67 Å². The van der Waals surface area contributed by atoms with Crippen LogP contribution in [0.4, 0.5) is 5.69 Å². The van der Waals surface area contributed by atoms with E-state index in [-0.39, 0.29) is 10.6 Å². The number of nitrogens with zero attached hydrogens (tertiary/aromatic N) is 5. The molecule has 8 heteroatoms. The Balaban J connectivity index is 2.13. The van der Waals surface area contributed by atoms with Crippen molar-refractivity contribution in [3.8, 4) is 0 Å². The van der Waals surface area contributed by atoms with Gasteiger partial charge in [0.2, 0.25) is 0 Å². The van der Waals surface area contributed by atoms with Gasteiger partial charge in [0.15, 0.2) is 5.82 Å². The number of nitrogens with one attached hydrogen (secondary N) is 1. The molecule has 2 aromatic heterocycles. The molecule has 102 valence electrons. The molecule has 0 aliphatic rings. The summed E-state index contributed by atoms with van der Waals surface area (Å²) in [4.78, 5) is 16.0. The molecule has 0 spiro atoms. The molecule has 0 aliphatic heterocycles. The molecular weight excluding hydrogens is 268 g/mol. The average Bonchev–Trinajstić information content (AvgIpc) is 2.80. The SMILES string of the molecule is CCCn1ncc(NCc2ncn(C)n2)c(Cl)c1=O. The van der Waals surface area contributed by atoms with Crippen molar-refractivity contribution in [2.24, 2.45) is 7.05 Å². The van der Waals surface area contributed by atoms with E-state index in [1.54, 1.807) is 24.3 Å². The molecule has 2 heterocycles. The van der Waals surface area contributed by atoms with E-state index in [9.17, 15) is 4.79 Å². The fourth-order valence-corrected chi connectivity index (χ4v) is 1.81. The predicted molar refractivity (Wildman–Crippen MR) is 72.1 cm³/mol. The standard InChI is InChI=1S/C11H15ClN6O/c1-3-4-18-11(19)10(12)8(5-15-18)13-6-9-14-7-17(2)16-9/h5,7,13H,3-4,6H2,1-2H3. The lowest BCUT2D eigenvalue weighted by Crippen LogP contribution is -2.24. The molecule has 0 saturated heterocycles. The molecule has 19 heavy (non-hydrogen) atoms. The molecule has 7 nitrogen and oxygen atoms in total. The van der Waals surface area contributed by atoms with E-state index in [1.807, 2.05) is 6.92 Å². The number of rotatable bonds is 5. The number of aromatic nitrogens is 5. The van der Waals surface area contributed by atoms with Crippen LogP contribution in [0.5, 0.6) is 0 Å². The van der Waals surface area contributed by atoms with Gasteiger partial charge in [0.05, 0.1) is 18.4 Å². The predicted octanol–water partition coefficient (Wildman–Crippen LogP) is 1.05. The Bertz CT molecular complexity index is 620. The lowest BCUT2D eigenvalue weighted by atomic mass is 10.4. The summed E-state index contributed by atoms with van der Waals surface area (Å²) in [5.74, 6) is 0.622. The summed E-state index contributed by atoms with van der Waals surface area (Å²) >= 11 is 6.02. The molecule has 2 rings (SSSR count). The summed E-state index contributed by atoms with van der Waals surface area (Å²) in [7, 11) is 1.79. The summed E-state index contributed by atoms with van der Waals surface area (Å²) in [6.07, 6.45) is 3.98. The molecule has 0 aromatic carbocycles. The molecule has 0 unspecified atom stereocenters. The zero-order chi connectivity index (χ0) is 13.8. The van der Waals surface area contributed by atoms with Gasteiger partial charge in [-0.3, -0.25) is 9.48 Å². The highest BCUT2D eigenvalue weighted by molar-refractivity contribution is 6.32. The fourth-order valence-electron chi connectivity index (χ4n) is 1.60. The van der Waals surface area contributed by atoms with Gasteiger partial charge in [-0.05, 0) is 6.42 Å². The Labute approximate surface area is 115 Å². The van der Waals surface area contributed by atoms with E-state index in [4.69, 9.17) is 11.6 Å². The zero-order valence-corrected chi connectivity index (χ0v) is 11.6. The highest BCUT2D eigenvalue weighted by Crippen LogP contribution is 2.15. The van der Waals surface area contributed by atoms with Crippen molar-refractivity contribution in [1.29, 1.82) is 0 Å². The lowest BCUT2D eigenvalue weighted by molar-refractivity contribution is 0.568. The third kappa shape index (κ3) is 3.11. The maximum Gasteiger partial charge on any atom is 0.287 e. The first-order valence-corrected chi connectivity index (χ1v) is 6.33. The highest BCUT2D eigenvalue weighted by Gasteiger charge is 2.09. The topological polar surface area (TPSA) is 77.6 Å². The van der Waals surface area contributed by atoms with E-state index in [0.717, 1.165) is 6.42 Å². The monoisotopic (exact) mass is 282 g/mol. The third-order valence-electron chi connectivity index (χ3n) is 2.50. The second kappa shape index (κ2) is 5.83. The number of halogens is 1. The number of anilines is 1. The minimum atomic E-state index is -0.289. The summed E-state index contributed by atoms with van der Waals surface area (Å²) in [5, 5.41) is 11.3. The van der Waals surface area contributed by atoms with Crippen molar-refractivity contribution in [3.63, 3.8) is 0 Å². The summed E-state index contributed by atoms with van der Waals surface area (Å²) in [6, 6.07) is 0. The molecule has 0 radical (unpaired) electrons. The van der Waals surface area contributed by atoms with Gasteiger partial charge in [-0.2, -0.15) is 10.2 Å². The quantitative estimate of drug-likeness (QED) is 0.887. The maximum atomic E-state index is 11.9. The summed E-state index contributed by atoms with van der Waals surface area (Å²) in [6.45, 7) is 2.92. The van der Waals surface area contributed by atoms with Crippen LogP contribution in [-0.2, 0) is 20.1 Å².